The number of carboxylic acid groups (broad SMARTS) is 1. The van der Waals surface area contributed by atoms with Crippen molar-refractivity contribution in [1.82, 2.24) is 0 Å². The molecule has 0 aromatic heterocycles. The highest BCUT2D eigenvalue weighted by atomic mass is 16.6. The van der Waals surface area contributed by atoms with E-state index in [-0.39, 0.29) is 25.3 Å². The monoisotopic (exact) mass is 219 g/mol. The summed E-state index contributed by atoms with van der Waals surface area (Å²) in [5.74, 6) is -1.84. The first-order chi connectivity index (χ1) is 6.80. The summed E-state index contributed by atoms with van der Waals surface area (Å²) >= 11 is 0. The molecule has 0 saturated heterocycles. The molecule has 0 unspecified atom stereocenters. The maximum Gasteiger partial charge on any atom is 0.398 e. The third-order valence-electron chi connectivity index (χ3n) is 1.71. The van der Waals surface area contributed by atoms with E-state index in [4.69, 9.17) is 22.3 Å². The average Bonchev–Trinajstić information content (AvgIpc) is 2.10. The van der Waals surface area contributed by atoms with E-state index in [1.54, 1.807) is 0 Å². The molecule has 0 radical (unpaired) electrons. The van der Waals surface area contributed by atoms with Crippen LogP contribution in [0.2, 0.25) is 0 Å². The van der Waals surface area contributed by atoms with Gasteiger partial charge in [0.2, 0.25) is 0 Å². The first kappa shape index (κ1) is 13.1. The molecular formula is C6H13N5O4. The van der Waals surface area contributed by atoms with E-state index in [9.17, 15) is 14.9 Å². The Labute approximate surface area is 85.1 Å². The van der Waals surface area contributed by atoms with Crippen LogP contribution in [0.25, 0.3) is 0 Å². The van der Waals surface area contributed by atoms with Gasteiger partial charge in [-0.1, -0.05) is 0 Å². The van der Waals surface area contributed by atoms with E-state index >= 15 is 0 Å². The van der Waals surface area contributed by atoms with Gasteiger partial charge in [-0.05, 0) is 6.42 Å². The normalized spacial score (nSPS) is 13.9. The Morgan fingerprint density at radius 1 is 1.53 bits per heavy atom. The Kier molecular flexibility index (Phi) is 4.45. The van der Waals surface area contributed by atoms with Crippen LogP contribution < -0.4 is 17.2 Å². The quantitative estimate of drug-likeness (QED) is 0.100. The van der Waals surface area contributed by atoms with Gasteiger partial charge < -0.3 is 16.6 Å². The molecule has 0 saturated carbocycles. The van der Waals surface area contributed by atoms with Gasteiger partial charge in [-0.15, -0.1) is 0 Å². The summed E-state index contributed by atoms with van der Waals surface area (Å²) in [5, 5.41) is 19.0. The SMILES string of the molecule is NC(N)=NCCC[C@](N)(C(=O)O)[N+](=O)[O-]. The minimum atomic E-state index is -2.47. The van der Waals surface area contributed by atoms with Crippen molar-refractivity contribution >= 4 is 11.9 Å². The van der Waals surface area contributed by atoms with Crippen LogP contribution in [0.3, 0.4) is 0 Å². The van der Waals surface area contributed by atoms with Crippen LogP contribution in [0.1, 0.15) is 12.8 Å². The third-order valence-corrected chi connectivity index (χ3v) is 1.71. The zero-order valence-corrected chi connectivity index (χ0v) is 7.92. The molecule has 9 heteroatoms. The molecule has 7 N–H and O–H groups in total. The second kappa shape index (κ2) is 5.10. The van der Waals surface area contributed by atoms with E-state index in [0.29, 0.717) is 0 Å². The highest BCUT2D eigenvalue weighted by Gasteiger charge is 2.46. The molecule has 0 amide bonds. The number of guanidine groups is 1. The molecule has 1 atom stereocenters. The average molecular weight is 219 g/mol. The van der Waals surface area contributed by atoms with E-state index in [1.165, 1.54) is 0 Å². The molecule has 0 aliphatic heterocycles. The molecule has 0 rings (SSSR count). The van der Waals surface area contributed by atoms with Gasteiger partial charge in [-0.25, -0.2) is 4.79 Å². The molecule has 0 aromatic carbocycles. The van der Waals surface area contributed by atoms with Gasteiger partial charge in [0.25, 0.3) is 0 Å². The number of carboxylic acids is 1. The third kappa shape index (κ3) is 3.77. The minimum absolute atomic E-state index is 0.0996. The van der Waals surface area contributed by atoms with Crippen LogP contribution in [0.5, 0.6) is 0 Å². The summed E-state index contributed by atoms with van der Waals surface area (Å²) < 4.78 is 0. The Bertz CT molecular complexity index is 271. The molecule has 0 bridgehead atoms. The van der Waals surface area contributed by atoms with Gasteiger partial charge in [0.1, 0.15) is 0 Å². The largest absolute Gasteiger partial charge is 0.475 e. The highest BCUT2D eigenvalue weighted by molar-refractivity contribution is 5.76. The van der Waals surface area contributed by atoms with Crippen molar-refractivity contribution in [2.45, 2.75) is 18.5 Å². The fourth-order valence-corrected chi connectivity index (χ4v) is 0.833. The molecule has 0 spiro atoms. The minimum Gasteiger partial charge on any atom is -0.475 e. The lowest BCUT2D eigenvalue weighted by molar-refractivity contribution is -0.555. The van der Waals surface area contributed by atoms with E-state index in [0.717, 1.165) is 0 Å². The van der Waals surface area contributed by atoms with E-state index in [1.807, 2.05) is 0 Å². The summed E-state index contributed by atoms with van der Waals surface area (Å²) in [6, 6.07) is 0. The second-order valence-electron chi connectivity index (χ2n) is 2.90. The molecule has 0 heterocycles. The van der Waals surface area contributed by atoms with Crippen molar-refractivity contribution < 1.29 is 14.8 Å². The first-order valence-electron chi connectivity index (χ1n) is 4.03. The van der Waals surface area contributed by atoms with Crippen molar-refractivity contribution in [3.05, 3.63) is 10.1 Å². The van der Waals surface area contributed by atoms with Crippen molar-refractivity contribution in [2.24, 2.45) is 22.2 Å². The van der Waals surface area contributed by atoms with Gasteiger partial charge in [0, 0.05) is 13.0 Å². The zero-order chi connectivity index (χ0) is 12.1. The summed E-state index contributed by atoms with van der Waals surface area (Å²) in [6.07, 6.45) is -0.228. The summed E-state index contributed by atoms with van der Waals surface area (Å²) in [6.45, 7) is 0.0996. The Balaban J connectivity index is 4.28. The Morgan fingerprint density at radius 3 is 2.40 bits per heavy atom. The standard InChI is InChI=1S/C6H13N5O4/c7-5(8)10-3-1-2-6(9,4(12)13)11(14)15/h1-3,9H2,(H,12,13)(H4,7,8,10)/t6-/m1/s1. The topological polar surface area (TPSA) is 171 Å². The number of rotatable bonds is 6. The predicted octanol–water partition coefficient (Wildman–Crippen LogP) is -1.94. The number of aliphatic carboxylic acids is 1. The van der Waals surface area contributed by atoms with Gasteiger partial charge in [-0.2, -0.15) is 0 Å². The van der Waals surface area contributed by atoms with Crippen molar-refractivity contribution in [1.29, 1.82) is 0 Å². The van der Waals surface area contributed by atoms with Crippen LogP contribution in [0, 0.1) is 10.1 Å². The number of carbonyl (C=O) groups is 1. The number of hydrogen-bond acceptors (Lipinski definition) is 5. The molecule has 15 heavy (non-hydrogen) atoms. The van der Waals surface area contributed by atoms with Crippen LogP contribution in [-0.4, -0.2) is 34.2 Å². The van der Waals surface area contributed by atoms with Crippen LogP contribution in [0.4, 0.5) is 0 Å². The number of nitrogens with two attached hydrogens (primary N) is 3. The molecule has 0 aliphatic rings. The maximum atomic E-state index is 10.5. The highest BCUT2D eigenvalue weighted by Crippen LogP contribution is 2.10. The number of nitro groups is 1. The lowest BCUT2D eigenvalue weighted by Crippen LogP contribution is -2.54. The van der Waals surface area contributed by atoms with E-state index in [2.05, 4.69) is 4.99 Å². The fourth-order valence-electron chi connectivity index (χ4n) is 0.833. The summed E-state index contributed by atoms with van der Waals surface area (Å²) in [7, 11) is 0. The second-order valence-corrected chi connectivity index (χ2v) is 2.90. The number of hydrogen-bond donors (Lipinski definition) is 4. The van der Waals surface area contributed by atoms with Gasteiger partial charge in [0.05, 0.1) is 4.92 Å². The van der Waals surface area contributed by atoms with Crippen LogP contribution >= 0.6 is 0 Å². The molecular weight excluding hydrogens is 206 g/mol. The molecule has 0 aromatic rings. The fraction of sp³-hybridized carbons (Fsp3) is 0.667. The van der Waals surface area contributed by atoms with Gasteiger partial charge >= 0.3 is 11.6 Å². The van der Waals surface area contributed by atoms with Gasteiger partial charge in [0.15, 0.2) is 5.96 Å². The smallest absolute Gasteiger partial charge is 0.398 e. The molecule has 9 nitrogen and oxygen atoms in total. The summed E-state index contributed by atoms with van der Waals surface area (Å²) in [4.78, 5) is 23.5. The van der Waals surface area contributed by atoms with Crippen LogP contribution in [0.15, 0.2) is 4.99 Å². The first-order valence-corrected chi connectivity index (χ1v) is 4.03. The lowest BCUT2D eigenvalue weighted by atomic mass is 10.1. The Morgan fingerprint density at radius 2 is 2.07 bits per heavy atom. The van der Waals surface area contributed by atoms with Crippen molar-refractivity contribution in [3.63, 3.8) is 0 Å². The Hall–Kier alpha value is -1.90. The zero-order valence-electron chi connectivity index (χ0n) is 7.92. The van der Waals surface area contributed by atoms with E-state index < -0.39 is 16.6 Å². The van der Waals surface area contributed by atoms with Gasteiger partial charge in [-0.3, -0.25) is 20.8 Å². The van der Waals surface area contributed by atoms with Crippen molar-refractivity contribution in [2.75, 3.05) is 6.54 Å². The predicted molar refractivity (Wildman–Crippen MR) is 51.5 cm³/mol. The molecule has 0 fully saturated rings. The van der Waals surface area contributed by atoms with Crippen LogP contribution in [-0.2, 0) is 4.79 Å². The molecule has 86 valence electrons. The lowest BCUT2D eigenvalue weighted by Gasteiger charge is -2.14. The number of aliphatic imine (C=N–C) groups is 1. The molecule has 0 aliphatic carbocycles. The van der Waals surface area contributed by atoms with Crippen molar-refractivity contribution in [3.8, 4) is 0 Å². The maximum absolute atomic E-state index is 10.5. The summed E-state index contributed by atoms with van der Waals surface area (Å²) in [5.41, 5.74) is 12.6. The number of nitrogens with zero attached hydrogens (tertiary/aromatic N) is 2.